The summed E-state index contributed by atoms with van der Waals surface area (Å²) in [6.45, 7) is 1.33. The normalized spacial score (nSPS) is 17.8. The van der Waals surface area contributed by atoms with Gasteiger partial charge in [0.2, 0.25) is 5.91 Å². The van der Waals surface area contributed by atoms with Crippen LogP contribution in [0.1, 0.15) is 22.7 Å². The Morgan fingerprint density at radius 1 is 1.37 bits per heavy atom. The number of fused-ring (bicyclic) bond motifs is 1. The van der Waals surface area contributed by atoms with Gasteiger partial charge in [-0.25, -0.2) is 0 Å². The van der Waals surface area contributed by atoms with Gasteiger partial charge in [0, 0.05) is 18.7 Å². The van der Waals surface area contributed by atoms with Gasteiger partial charge >= 0.3 is 0 Å². The van der Waals surface area contributed by atoms with Crippen LogP contribution in [0.15, 0.2) is 47.3 Å². The van der Waals surface area contributed by atoms with Crippen molar-refractivity contribution < 1.29 is 9.21 Å². The van der Waals surface area contributed by atoms with Crippen LogP contribution in [-0.4, -0.2) is 12.5 Å². The summed E-state index contributed by atoms with van der Waals surface area (Å²) in [5.41, 5.74) is 3.31. The molecule has 1 atom stereocenters. The van der Waals surface area contributed by atoms with Crippen molar-refractivity contribution in [3.8, 4) is 0 Å². The molecule has 0 radical (unpaired) electrons. The van der Waals surface area contributed by atoms with Crippen LogP contribution in [0.3, 0.4) is 0 Å². The third kappa shape index (κ3) is 2.53. The first-order valence-corrected chi connectivity index (χ1v) is 6.44. The SMILES string of the molecule is O=C(NCc1ccoc1)C1NCCc2ccccc21. The fourth-order valence-electron chi connectivity index (χ4n) is 2.42. The maximum absolute atomic E-state index is 12.3. The highest BCUT2D eigenvalue weighted by Crippen LogP contribution is 2.22. The first kappa shape index (κ1) is 12.0. The van der Waals surface area contributed by atoms with E-state index in [1.54, 1.807) is 12.5 Å². The number of nitrogens with one attached hydrogen (secondary N) is 2. The number of hydrogen-bond acceptors (Lipinski definition) is 3. The summed E-state index contributed by atoms with van der Waals surface area (Å²) in [6.07, 6.45) is 4.22. The highest BCUT2D eigenvalue weighted by Gasteiger charge is 2.25. The van der Waals surface area contributed by atoms with Crippen LogP contribution >= 0.6 is 0 Å². The molecule has 19 heavy (non-hydrogen) atoms. The lowest BCUT2D eigenvalue weighted by molar-refractivity contribution is -0.123. The molecule has 0 saturated carbocycles. The third-order valence-corrected chi connectivity index (χ3v) is 3.42. The van der Waals surface area contributed by atoms with Gasteiger partial charge in [-0.2, -0.15) is 0 Å². The zero-order chi connectivity index (χ0) is 13.1. The Labute approximate surface area is 111 Å². The van der Waals surface area contributed by atoms with Gasteiger partial charge in [-0.1, -0.05) is 24.3 Å². The van der Waals surface area contributed by atoms with Crippen molar-refractivity contribution in [2.75, 3.05) is 6.54 Å². The van der Waals surface area contributed by atoms with Crippen LogP contribution in [0.4, 0.5) is 0 Å². The van der Waals surface area contributed by atoms with E-state index in [1.165, 1.54) is 5.56 Å². The van der Waals surface area contributed by atoms with Gasteiger partial charge in [0.25, 0.3) is 0 Å². The minimum Gasteiger partial charge on any atom is -0.472 e. The number of carbonyl (C=O) groups is 1. The van der Waals surface area contributed by atoms with Crippen molar-refractivity contribution in [3.63, 3.8) is 0 Å². The van der Waals surface area contributed by atoms with Crippen LogP contribution < -0.4 is 10.6 Å². The average Bonchev–Trinajstić information content (AvgIpc) is 2.97. The van der Waals surface area contributed by atoms with Gasteiger partial charge in [-0.15, -0.1) is 0 Å². The highest BCUT2D eigenvalue weighted by molar-refractivity contribution is 5.83. The number of benzene rings is 1. The van der Waals surface area contributed by atoms with E-state index in [4.69, 9.17) is 4.42 Å². The van der Waals surface area contributed by atoms with Crippen molar-refractivity contribution in [1.29, 1.82) is 0 Å². The Morgan fingerprint density at radius 3 is 3.11 bits per heavy atom. The van der Waals surface area contributed by atoms with Gasteiger partial charge in [0.15, 0.2) is 0 Å². The van der Waals surface area contributed by atoms with Crippen LogP contribution in [0.5, 0.6) is 0 Å². The molecule has 0 spiro atoms. The minimum atomic E-state index is -0.253. The van der Waals surface area contributed by atoms with E-state index in [-0.39, 0.29) is 11.9 Å². The fraction of sp³-hybridized carbons (Fsp3) is 0.267. The molecule has 4 heteroatoms. The first-order valence-electron chi connectivity index (χ1n) is 6.44. The lowest BCUT2D eigenvalue weighted by Crippen LogP contribution is -2.41. The lowest BCUT2D eigenvalue weighted by Gasteiger charge is -2.25. The van der Waals surface area contributed by atoms with E-state index in [1.807, 2.05) is 24.3 Å². The molecule has 3 rings (SSSR count). The summed E-state index contributed by atoms with van der Waals surface area (Å²) in [5, 5.41) is 6.20. The molecule has 0 saturated heterocycles. The van der Waals surface area contributed by atoms with Crippen LogP contribution in [0.2, 0.25) is 0 Å². The molecule has 98 valence electrons. The standard InChI is InChI=1S/C15H16N2O2/c18-15(17-9-11-6-8-19-10-11)14-13-4-2-1-3-12(13)5-7-16-14/h1-4,6,8,10,14,16H,5,7,9H2,(H,17,18). The molecule has 1 aromatic heterocycles. The molecular formula is C15H16N2O2. The van der Waals surface area contributed by atoms with Crippen LogP contribution in [-0.2, 0) is 17.8 Å². The van der Waals surface area contributed by atoms with E-state index < -0.39 is 0 Å². The van der Waals surface area contributed by atoms with Gasteiger partial charge in [-0.3, -0.25) is 4.79 Å². The van der Waals surface area contributed by atoms with Crippen molar-refractivity contribution in [3.05, 3.63) is 59.5 Å². The molecule has 2 aromatic rings. The topological polar surface area (TPSA) is 54.3 Å². The van der Waals surface area contributed by atoms with Gasteiger partial charge in [0.05, 0.1) is 12.5 Å². The quantitative estimate of drug-likeness (QED) is 0.880. The molecule has 0 fully saturated rings. The summed E-state index contributed by atoms with van der Waals surface area (Å²) >= 11 is 0. The molecule has 0 bridgehead atoms. The van der Waals surface area contributed by atoms with Crippen molar-refractivity contribution in [1.82, 2.24) is 10.6 Å². The number of carbonyl (C=O) groups excluding carboxylic acids is 1. The number of furan rings is 1. The average molecular weight is 256 g/mol. The molecule has 2 heterocycles. The predicted octanol–water partition coefficient (Wildman–Crippen LogP) is 1.78. The van der Waals surface area contributed by atoms with Gasteiger partial charge < -0.3 is 15.1 Å². The summed E-state index contributed by atoms with van der Waals surface area (Å²) in [6, 6.07) is 9.70. The maximum Gasteiger partial charge on any atom is 0.242 e. The summed E-state index contributed by atoms with van der Waals surface area (Å²) in [7, 11) is 0. The molecule has 1 unspecified atom stereocenters. The molecule has 0 aliphatic carbocycles. The molecule has 1 amide bonds. The Balaban J connectivity index is 1.71. The number of hydrogen-bond donors (Lipinski definition) is 2. The molecule has 1 aliphatic heterocycles. The van der Waals surface area contributed by atoms with Crippen molar-refractivity contribution >= 4 is 5.91 Å². The second-order valence-corrected chi connectivity index (χ2v) is 4.69. The monoisotopic (exact) mass is 256 g/mol. The molecule has 4 nitrogen and oxygen atoms in total. The van der Waals surface area contributed by atoms with E-state index in [0.717, 1.165) is 24.1 Å². The number of amides is 1. The second kappa shape index (κ2) is 5.28. The molecule has 2 N–H and O–H groups in total. The summed E-state index contributed by atoms with van der Waals surface area (Å²) in [5.74, 6) is 0.00773. The molecule has 1 aromatic carbocycles. The van der Waals surface area contributed by atoms with E-state index in [0.29, 0.717) is 6.54 Å². The molecular weight excluding hydrogens is 240 g/mol. The highest BCUT2D eigenvalue weighted by atomic mass is 16.3. The van der Waals surface area contributed by atoms with Crippen LogP contribution in [0, 0.1) is 0 Å². The Hall–Kier alpha value is -2.07. The predicted molar refractivity (Wildman–Crippen MR) is 71.4 cm³/mol. The summed E-state index contributed by atoms with van der Waals surface area (Å²) in [4.78, 5) is 12.3. The summed E-state index contributed by atoms with van der Waals surface area (Å²) < 4.78 is 4.98. The molecule has 1 aliphatic rings. The van der Waals surface area contributed by atoms with Crippen LogP contribution in [0.25, 0.3) is 0 Å². The lowest BCUT2D eigenvalue weighted by atomic mass is 9.94. The Morgan fingerprint density at radius 2 is 2.26 bits per heavy atom. The van der Waals surface area contributed by atoms with E-state index in [9.17, 15) is 4.79 Å². The first-order chi connectivity index (χ1) is 9.34. The van der Waals surface area contributed by atoms with Gasteiger partial charge in [-0.05, 0) is 23.6 Å². The van der Waals surface area contributed by atoms with Crippen molar-refractivity contribution in [2.45, 2.75) is 19.0 Å². The Bertz CT molecular complexity index is 563. The second-order valence-electron chi connectivity index (χ2n) is 4.69. The van der Waals surface area contributed by atoms with Crippen molar-refractivity contribution in [2.24, 2.45) is 0 Å². The minimum absolute atomic E-state index is 0.00773. The fourth-order valence-corrected chi connectivity index (χ4v) is 2.42. The zero-order valence-electron chi connectivity index (χ0n) is 10.6. The van der Waals surface area contributed by atoms with E-state index in [2.05, 4.69) is 16.7 Å². The smallest absolute Gasteiger partial charge is 0.242 e. The third-order valence-electron chi connectivity index (χ3n) is 3.42. The Kier molecular flexibility index (Phi) is 3.33. The maximum atomic E-state index is 12.3. The van der Waals surface area contributed by atoms with Gasteiger partial charge in [0.1, 0.15) is 6.04 Å². The number of rotatable bonds is 3. The largest absolute Gasteiger partial charge is 0.472 e. The zero-order valence-corrected chi connectivity index (χ0v) is 10.6. The van der Waals surface area contributed by atoms with E-state index >= 15 is 0 Å².